The second kappa shape index (κ2) is 4.46. The van der Waals surface area contributed by atoms with Gasteiger partial charge in [0, 0.05) is 5.46 Å². The summed E-state index contributed by atoms with van der Waals surface area (Å²) in [5, 5.41) is 15.2. The second-order valence-electron chi connectivity index (χ2n) is 5.82. The van der Waals surface area contributed by atoms with E-state index in [2.05, 4.69) is 0 Å². The van der Waals surface area contributed by atoms with E-state index in [9.17, 15) is 13.5 Å². The molecule has 1 fully saturated rings. The Balaban J connectivity index is 2.56. The fraction of sp³-hybridized carbons (Fsp3) is 0.500. The van der Waals surface area contributed by atoms with Gasteiger partial charge in [0.05, 0.1) is 16.1 Å². The molecule has 0 spiro atoms. The largest absolute Gasteiger partial charge is 0.508 e. The minimum absolute atomic E-state index is 0.0358. The van der Waals surface area contributed by atoms with E-state index in [1.165, 1.54) is 18.2 Å². The van der Waals surface area contributed by atoms with Gasteiger partial charge in [-0.3, -0.25) is 0 Å². The molecule has 0 aromatic heterocycles. The number of phenols is 1. The Morgan fingerprint density at radius 1 is 1.15 bits per heavy atom. The SMILES string of the molecule is CC1(C)OB(c2c(O)cccc2S(N)(=O)=O)OC1(C)C. The lowest BCUT2D eigenvalue weighted by atomic mass is 9.78. The third kappa shape index (κ3) is 2.44. The molecule has 8 heteroatoms. The van der Waals surface area contributed by atoms with Crippen molar-refractivity contribution < 1.29 is 22.8 Å². The highest BCUT2D eigenvalue weighted by Crippen LogP contribution is 2.37. The Kier molecular flexibility index (Phi) is 3.41. The van der Waals surface area contributed by atoms with Gasteiger partial charge in [0.15, 0.2) is 0 Å². The zero-order valence-corrected chi connectivity index (χ0v) is 12.7. The first-order valence-corrected chi connectivity index (χ1v) is 7.71. The molecule has 1 aliphatic heterocycles. The fourth-order valence-electron chi connectivity index (χ4n) is 1.98. The van der Waals surface area contributed by atoms with Crippen molar-refractivity contribution in [1.82, 2.24) is 0 Å². The van der Waals surface area contributed by atoms with Gasteiger partial charge < -0.3 is 14.4 Å². The van der Waals surface area contributed by atoms with Crippen molar-refractivity contribution >= 4 is 22.6 Å². The molecule has 0 atom stereocenters. The normalized spacial score (nSPS) is 21.1. The molecule has 0 saturated carbocycles. The quantitative estimate of drug-likeness (QED) is 0.767. The highest BCUT2D eigenvalue weighted by atomic mass is 32.2. The number of hydrogen-bond acceptors (Lipinski definition) is 5. The van der Waals surface area contributed by atoms with Gasteiger partial charge in [-0.25, -0.2) is 13.6 Å². The molecule has 110 valence electrons. The molecule has 1 heterocycles. The molecule has 6 nitrogen and oxygen atoms in total. The first-order valence-electron chi connectivity index (χ1n) is 6.16. The third-order valence-electron chi connectivity index (χ3n) is 3.84. The van der Waals surface area contributed by atoms with Gasteiger partial charge in [-0.1, -0.05) is 6.07 Å². The summed E-state index contributed by atoms with van der Waals surface area (Å²) in [5.41, 5.74) is -1.25. The molecular formula is C12H18BNO5S. The van der Waals surface area contributed by atoms with Crippen molar-refractivity contribution in [2.45, 2.75) is 43.8 Å². The number of hydrogen-bond donors (Lipinski definition) is 2. The van der Waals surface area contributed by atoms with Gasteiger partial charge in [0.2, 0.25) is 10.0 Å². The van der Waals surface area contributed by atoms with Crippen LogP contribution in [0.15, 0.2) is 23.1 Å². The zero-order valence-electron chi connectivity index (χ0n) is 11.9. The summed E-state index contributed by atoms with van der Waals surface area (Å²) >= 11 is 0. The number of rotatable bonds is 2. The van der Waals surface area contributed by atoms with Crippen LogP contribution in [0, 0.1) is 0 Å². The van der Waals surface area contributed by atoms with E-state index >= 15 is 0 Å². The van der Waals surface area contributed by atoms with Crippen LogP contribution in [-0.2, 0) is 19.3 Å². The van der Waals surface area contributed by atoms with Crippen LogP contribution in [0.2, 0.25) is 0 Å². The van der Waals surface area contributed by atoms with E-state index in [0.29, 0.717) is 0 Å². The fourth-order valence-corrected chi connectivity index (χ4v) is 2.75. The minimum atomic E-state index is -3.99. The van der Waals surface area contributed by atoms with Crippen LogP contribution in [0.3, 0.4) is 0 Å². The van der Waals surface area contributed by atoms with E-state index < -0.39 is 28.3 Å². The summed E-state index contributed by atoms with van der Waals surface area (Å²) < 4.78 is 34.8. The summed E-state index contributed by atoms with van der Waals surface area (Å²) in [7, 11) is -4.98. The Bertz CT molecular complexity index is 625. The average Bonchev–Trinajstić information content (AvgIpc) is 2.46. The van der Waals surface area contributed by atoms with E-state index in [1.807, 2.05) is 27.7 Å². The molecule has 1 aliphatic rings. The van der Waals surface area contributed by atoms with E-state index in [1.54, 1.807) is 0 Å². The number of phenolic OH excluding ortho intramolecular Hbond substituents is 1. The molecule has 1 aromatic rings. The Labute approximate surface area is 119 Å². The standard InChI is InChI=1S/C12H18BNO5S/c1-11(2)12(3,4)19-13(18-11)10-8(15)6-5-7-9(10)20(14,16)17/h5-7,15H,1-4H3,(H2,14,16,17). The molecule has 20 heavy (non-hydrogen) atoms. The van der Waals surface area contributed by atoms with Crippen LogP contribution in [-0.4, -0.2) is 31.8 Å². The number of aromatic hydroxyl groups is 1. The lowest BCUT2D eigenvalue weighted by Crippen LogP contribution is -2.41. The molecule has 0 amide bonds. The van der Waals surface area contributed by atoms with Gasteiger partial charge in [-0.15, -0.1) is 0 Å². The summed E-state index contributed by atoms with van der Waals surface area (Å²) in [5.74, 6) is -0.227. The molecule has 0 radical (unpaired) electrons. The van der Waals surface area contributed by atoms with E-state index in [-0.39, 0.29) is 16.1 Å². The predicted molar refractivity (Wildman–Crippen MR) is 75.2 cm³/mol. The molecule has 2 rings (SSSR count). The zero-order chi connectivity index (χ0) is 15.3. The molecular weight excluding hydrogens is 281 g/mol. The molecule has 1 aromatic carbocycles. The number of primary sulfonamides is 1. The summed E-state index contributed by atoms with van der Waals surface area (Å²) in [4.78, 5) is -0.198. The third-order valence-corrected chi connectivity index (χ3v) is 4.81. The van der Waals surface area contributed by atoms with Gasteiger partial charge in [-0.05, 0) is 39.8 Å². The maximum absolute atomic E-state index is 11.6. The number of benzene rings is 1. The van der Waals surface area contributed by atoms with E-state index in [4.69, 9.17) is 14.4 Å². The van der Waals surface area contributed by atoms with Crippen LogP contribution in [0.5, 0.6) is 5.75 Å². The van der Waals surface area contributed by atoms with Crippen molar-refractivity contribution in [3.8, 4) is 5.75 Å². The topological polar surface area (TPSA) is 98.9 Å². The Morgan fingerprint density at radius 3 is 2.10 bits per heavy atom. The van der Waals surface area contributed by atoms with Gasteiger partial charge in [0.25, 0.3) is 0 Å². The molecule has 0 unspecified atom stereocenters. The first-order chi connectivity index (χ1) is 8.96. The summed E-state index contributed by atoms with van der Waals surface area (Å²) in [6.45, 7) is 7.35. The Morgan fingerprint density at radius 2 is 1.65 bits per heavy atom. The maximum atomic E-state index is 11.6. The lowest BCUT2D eigenvalue weighted by molar-refractivity contribution is 0.00578. The van der Waals surface area contributed by atoms with Gasteiger partial charge in [0.1, 0.15) is 5.75 Å². The van der Waals surface area contributed by atoms with Gasteiger partial charge >= 0.3 is 7.12 Å². The number of sulfonamides is 1. The maximum Gasteiger partial charge on any atom is 0.500 e. The van der Waals surface area contributed by atoms with Crippen LogP contribution in [0.1, 0.15) is 27.7 Å². The van der Waals surface area contributed by atoms with Gasteiger partial charge in [-0.2, -0.15) is 0 Å². The molecule has 1 saturated heterocycles. The first kappa shape index (κ1) is 15.3. The highest BCUT2D eigenvalue weighted by molar-refractivity contribution is 7.89. The van der Waals surface area contributed by atoms with Crippen LogP contribution in [0.4, 0.5) is 0 Å². The second-order valence-corrected chi connectivity index (χ2v) is 7.35. The van der Waals surface area contributed by atoms with Crippen molar-refractivity contribution in [3.63, 3.8) is 0 Å². The Hall–Kier alpha value is -1.09. The predicted octanol–water partition coefficient (Wildman–Crippen LogP) is 0.339. The van der Waals surface area contributed by atoms with Crippen molar-refractivity contribution in [2.75, 3.05) is 0 Å². The number of nitrogens with two attached hydrogens (primary N) is 1. The van der Waals surface area contributed by atoms with Crippen molar-refractivity contribution in [1.29, 1.82) is 0 Å². The summed E-state index contributed by atoms with van der Waals surface area (Å²) in [6.07, 6.45) is 0. The van der Waals surface area contributed by atoms with Crippen LogP contribution >= 0.6 is 0 Å². The van der Waals surface area contributed by atoms with Crippen LogP contribution < -0.4 is 10.6 Å². The minimum Gasteiger partial charge on any atom is -0.508 e. The molecule has 0 aliphatic carbocycles. The van der Waals surface area contributed by atoms with Crippen molar-refractivity contribution in [2.24, 2.45) is 5.14 Å². The highest BCUT2D eigenvalue weighted by Gasteiger charge is 2.53. The average molecular weight is 299 g/mol. The van der Waals surface area contributed by atoms with E-state index in [0.717, 1.165) is 0 Å². The lowest BCUT2D eigenvalue weighted by Gasteiger charge is -2.32. The smallest absolute Gasteiger partial charge is 0.500 e. The molecule has 0 bridgehead atoms. The van der Waals surface area contributed by atoms with Crippen LogP contribution in [0.25, 0.3) is 0 Å². The van der Waals surface area contributed by atoms with Crippen molar-refractivity contribution in [3.05, 3.63) is 18.2 Å². The monoisotopic (exact) mass is 299 g/mol. The summed E-state index contributed by atoms with van der Waals surface area (Å²) in [6, 6.07) is 4.09. The molecule has 3 N–H and O–H groups in total.